The Morgan fingerprint density at radius 3 is 2.32 bits per heavy atom. The Hall–Kier alpha value is -1.01. The highest BCUT2D eigenvalue weighted by Gasteiger charge is 2.19. The Bertz CT molecular complexity index is 497. The van der Waals surface area contributed by atoms with E-state index in [0.717, 1.165) is 12.7 Å². The van der Waals surface area contributed by atoms with Crippen LogP contribution in [0.5, 0.6) is 0 Å². The van der Waals surface area contributed by atoms with Crippen LogP contribution >= 0.6 is 0 Å². The maximum Gasteiger partial charge on any atom is 0.148 e. The molecule has 0 radical (unpaired) electrons. The molecule has 1 unspecified atom stereocenters. The van der Waals surface area contributed by atoms with Crippen LogP contribution in [-0.4, -0.2) is 33.0 Å². The van der Waals surface area contributed by atoms with Crippen LogP contribution in [-0.2, 0) is 16.3 Å². The first-order valence-electron chi connectivity index (χ1n) is 6.17. The Morgan fingerprint density at radius 1 is 1.26 bits per heavy atom. The average molecular weight is 291 g/mol. The molecule has 0 aliphatic rings. The summed E-state index contributed by atoms with van der Waals surface area (Å²) in [6, 6.07) is 3.16. The van der Waals surface area contributed by atoms with E-state index in [-0.39, 0.29) is 17.7 Å². The van der Waals surface area contributed by atoms with Gasteiger partial charge in [0, 0.05) is 17.9 Å². The Balaban J connectivity index is 2.87. The van der Waals surface area contributed by atoms with Gasteiger partial charge in [-0.15, -0.1) is 0 Å². The molecule has 108 valence electrons. The number of hydrogen-bond donors (Lipinski definition) is 1. The molecular weight excluding hydrogens is 272 g/mol. The van der Waals surface area contributed by atoms with Crippen LogP contribution in [0, 0.1) is 11.6 Å². The molecule has 0 bridgehead atoms. The maximum absolute atomic E-state index is 13.5. The number of sulfone groups is 1. The van der Waals surface area contributed by atoms with Crippen molar-refractivity contribution in [3.05, 3.63) is 35.4 Å². The van der Waals surface area contributed by atoms with Gasteiger partial charge in [-0.3, -0.25) is 0 Å². The Morgan fingerprint density at radius 2 is 1.84 bits per heavy atom. The minimum atomic E-state index is -3.21. The van der Waals surface area contributed by atoms with E-state index < -0.39 is 27.5 Å². The van der Waals surface area contributed by atoms with Crippen LogP contribution < -0.4 is 5.32 Å². The lowest BCUT2D eigenvalue weighted by Crippen LogP contribution is -2.38. The van der Waals surface area contributed by atoms with Crippen molar-refractivity contribution in [2.45, 2.75) is 25.8 Å². The van der Waals surface area contributed by atoms with Crippen molar-refractivity contribution in [3.63, 3.8) is 0 Å². The van der Waals surface area contributed by atoms with Crippen molar-refractivity contribution in [2.24, 2.45) is 0 Å². The molecule has 1 atom stereocenters. The third-order valence-corrected chi connectivity index (χ3v) is 3.71. The maximum atomic E-state index is 13.5. The largest absolute Gasteiger partial charge is 0.313 e. The highest BCUT2D eigenvalue weighted by molar-refractivity contribution is 7.90. The number of nitrogens with one attached hydrogen (secondary N) is 1. The molecule has 1 rings (SSSR count). The summed E-state index contributed by atoms with van der Waals surface area (Å²) in [5, 5.41) is 3.02. The highest BCUT2D eigenvalue weighted by atomic mass is 32.2. The summed E-state index contributed by atoms with van der Waals surface area (Å²) in [7, 11) is -3.21. The topological polar surface area (TPSA) is 46.2 Å². The predicted octanol–water partition coefficient (Wildman–Crippen LogP) is 1.92. The molecule has 0 spiro atoms. The van der Waals surface area contributed by atoms with E-state index in [0.29, 0.717) is 6.54 Å². The van der Waals surface area contributed by atoms with Crippen LogP contribution in [0.3, 0.4) is 0 Å². The summed E-state index contributed by atoms with van der Waals surface area (Å²) < 4.78 is 49.8. The zero-order chi connectivity index (χ0) is 14.5. The molecule has 3 nitrogen and oxygen atoms in total. The van der Waals surface area contributed by atoms with Crippen molar-refractivity contribution in [3.8, 4) is 0 Å². The normalized spacial score (nSPS) is 13.5. The second-order valence-corrected chi connectivity index (χ2v) is 6.83. The van der Waals surface area contributed by atoms with Crippen LogP contribution in [0.25, 0.3) is 0 Å². The molecule has 6 heteroatoms. The fraction of sp³-hybridized carbons (Fsp3) is 0.538. The summed E-state index contributed by atoms with van der Waals surface area (Å²) in [4.78, 5) is 0. The van der Waals surface area contributed by atoms with E-state index in [1.165, 1.54) is 18.2 Å². The fourth-order valence-electron chi connectivity index (χ4n) is 1.88. The van der Waals surface area contributed by atoms with Crippen molar-refractivity contribution in [1.29, 1.82) is 0 Å². The van der Waals surface area contributed by atoms with E-state index in [2.05, 4.69) is 5.32 Å². The predicted molar refractivity (Wildman–Crippen MR) is 71.9 cm³/mol. The molecule has 0 heterocycles. The molecule has 1 N–H and O–H groups in total. The van der Waals surface area contributed by atoms with Gasteiger partial charge in [-0.25, -0.2) is 17.2 Å². The monoisotopic (exact) mass is 291 g/mol. The lowest BCUT2D eigenvalue weighted by atomic mass is 10.1. The molecule has 0 amide bonds. The first-order valence-corrected chi connectivity index (χ1v) is 8.23. The minimum Gasteiger partial charge on any atom is -0.313 e. The zero-order valence-electron chi connectivity index (χ0n) is 11.1. The molecule has 0 saturated heterocycles. The van der Waals surface area contributed by atoms with Crippen LogP contribution in [0.15, 0.2) is 18.2 Å². The lowest BCUT2D eigenvalue weighted by Gasteiger charge is -2.18. The van der Waals surface area contributed by atoms with Gasteiger partial charge in [0.2, 0.25) is 0 Å². The van der Waals surface area contributed by atoms with Crippen LogP contribution in [0.1, 0.15) is 18.9 Å². The Kier molecular flexibility index (Phi) is 5.87. The summed E-state index contributed by atoms with van der Waals surface area (Å²) in [6.45, 7) is 2.55. The molecular formula is C13H19F2NO2S. The smallest absolute Gasteiger partial charge is 0.148 e. The lowest BCUT2D eigenvalue weighted by molar-refractivity contribution is 0.495. The van der Waals surface area contributed by atoms with E-state index in [9.17, 15) is 17.2 Å². The first-order chi connectivity index (χ1) is 8.83. The first kappa shape index (κ1) is 16.0. The highest BCUT2D eigenvalue weighted by Crippen LogP contribution is 2.15. The van der Waals surface area contributed by atoms with Crippen LogP contribution in [0.2, 0.25) is 0 Å². The number of hydrogen-bond acceptors (Lipinski definition) is 3. The number of benzene rings is 1. The Labute approximate surface area is 112 Å². The van der Waals surface area contributed by atoms with Crippen molar-refractivity contribution < 1.29 is 17.2 Å². The third kappa shape index (κ3) is 5.65. The molecule has 0 aromatic heterocycles. The molecule has 1 aromatic carbocycles. The number of rotatable bonds is 7. The minimum absolute atomic E-state index is 0.0194. The van der Waals surface area contributed by atoms with Crippen molar-refractivity contribution in [1.82, 2.24) is 5.32 Å². The van der Waals surface area contributed by atoms with E-state index in [4.69, 9.17) is 0 Å². The second kappa shape index (κ2) is 6.96. The second-order valence-electron chi connectivity index (χ2n) is 4.65. The summed E-state index contributed by atoms with van der Waals surface area (Å²) >= 11 is 0. The molecule has 0 aliphatic heterocycles. The van der Waals surface area contributed by atoms with Crippen molar-refractivity contribution >= 4 is 9.84 Å². The summed E-state index contributed by atoms with van der Waals surface area (Å²) in [5.41, 5.74) is -0.0697. The van der Waals surface area contributed by atoms with Gasteiger partial charge in [0.25, 0.3) is 0 Å². The van der Waals surface area contributed by atoms with Gasteiger partial charge in [0.05, 0.1) is 5.75 Å². The SMILES string of the molecule is CCCNC(Cc1c(F)cccc1F)CS(C)(=O)=O. The zero-order valence-corrected chi connectivity index (χ0v) is 11.9. The van der Waals surface area contributed by atoms with Gasteiger partial charge < -0.3 is 5.32 Å². The van der Waals surface area contributed by atoms with Gasteiger partial charge >= 0.3 is 0 Å². The molecule has 0 fully saturated rings. The molecule has 1 aromatic rings. The van der Waals surface area contributed by atoms with Gasteiger partial charge in [-0.2, -0.15) is 0 Å². The van der Waals surface area contributed by atoms with Crippen LogP contribution in [0.4, 0.5) is 8.78 Å². The van der Waals surface area contributed by atoms with Crippen molar-refractivity contribution in [2.75, 3.05) is 18.6 Å². The molecule has 0 saturated carbocycles. The van der Waals surface area contributed by atoms with Gasteiger partial charge in [-0.1, -0.05) is 13.0 Å². The average Bonchev–Trinajstić information content (AvgIpc) is 2.29. The summed E-state index contributed by atoms with van der Waals surface area (Å²) in [6.07, 6.45) is 1.96. The third-order valence-electron chi connectivity index (χ3n) is 2.70. The summed E-state index contributed by atoms with van der Waals surface area (Å²) in [5.74, 6) is -1.42. The van der Waals surface area contributed by atoms with E-state index in [1.807, 2.05) is 6.92 Å². The fourth-order valence-corrected chi connectivity index (χ4v) is 2.84. The van der Waals surface area contributed by atoms with Gasteiger partial charge in [0.15, 0.2) is 0 Å². The number of halogens is 2. The van der Waals surface area contributed by atoms with E-state index in [1.54, 1.807) is 0 Å². The van der Waals surface area contributed by atoms with Gasteiger partial charge in [-0.05, 0) is 31.5 Å². The van der Waals surface area contributed by atoms with E-state index >= 15 is 0 Å². The standard InChI is InChI=1S/C13H19F2NO2S/c1-3-7-16-10(9-19(2,17)18)8-11-12(14)5-4-6-13(11)15/h4-6,10,16H,3,7-9H2,1-2H3. The molecule has 0 aliphatic carbocycles. The quantitative estimate of drug-likeness (QED) is 0.835. The molecule has 19 heavy (non-hydrogen) atoms. The van der Waals surface area contributed by atoms with Gasteiger partial charge in [0.1, 0.15) is 21.5 Å².